The second kappa shape index (κ2) is 13.4. The number of rotatable bonds is 11. The van der Waals surface area contributed by atoms with Gasteiger partial charge in [-0.05, 0) is 84.2 Å². The number of likely N-dealkylation sites (N-methyl/N-ethyl adjacent to an activating group) is 1. The molecule has 0 N–H and O–H groups in total. The molecular weight excluding hydrogens is 532 g/mol. The largest absolute Gasteiger partial charge is 0.368 e. The summed E-state index contributed by atoms with van der Waals surface area (Å²) in [5.74, 6) is 0.539. The van der Waals surface area contributed by atoms with Crippen LogP contribution >= 0.6 is 0 Å². The van der Waals surface area contributed by atoms with E-state index in [9.17, 15) is 0 Å². The Morgan fingerprint density at radius 3 is 2.11 bits per heavy atom. The molecule has 3 aromatic rings. The maximum absolute atomic E-state index is 4.18. The Balaban J connectivity index is 1.15. The molecule has 2 nitrogen and oxygen atoms in total. The minimum Gasteiger partial charge on any atom is -0.368 e. The van der Waals surface area contributed by atoms with E-state index in [4.69, 9.17) is 0 Å². The van der Waals surface area contributed by atoms with E-state index in [0.29, 0.717) is 12.0 Å². The van der Waals surface area contributed by atoms with Gasteiger partial charge in [0.1, 0.15) is 0 Å². The average molecular weight is 579 g/mol. The summed E-state index contributed by atoms with van der Waals surface area (Å²) in [7, 11) is 2.11. The monoisotopic (exact) mass is 578 g/mol. The van der Waals surface area contributed by atoms with Gasteiger partial charge in [0.15, 0.2) is 0 Å². The zero-order valence-electron chi connectivity index (χ0n) is 26.7. The minimum absolute atomic E-state index is 0.0412. The highest BCUT2D eigenvalue weighted by atomic mass is 15.1. The van der Waals surface area contributed by atoms with Crippen LogP contribution in [-0.4, -0.2) is 22.6 Å². The molecule has 0 saturated heterocycles. The van der Waals surface area contributed by atoms with Gasteiger partial charge in [-0.2, -0.15) is 0 Å². The molecule has 0 fully saturated rings. The standard InChI is InChI=1S/C42H46N2/c1-8-9-10-31(2)43(7)40-25-17-36(18-26-40)29-34-13-21-38(22-14-34)42(5,6)39-23-15-35(16-24-39)30-37-19-27-41(28-20-37)44-32(3)11-12-33(44)4/h8-13,15-25,27-28,34,40H,1-4,14,26,29-30H2,5-7H3/b10-9-. The Morgan fingerprint density at radius 2 is 1.55 bits per heavy atom. The smallest absolute Gasteiger partial charge is 0.0507 e. The third kappa shape index (κ3) is 6.97. The predicted molar refractivity (Wildman–Crippen MR) is 190 cm³/mol. The van der Waals surface area contributed by atoms with Crippen molar-refractivity contribution in [1.82, 2.24) is 9.47 Å². The first kappa shape index (κ1) is 30.9. The van der Waals surface area contributed by atoms with Crippen molar-refractivity contribution >= 4 is 13.2 Å². The first-order valence-electron chi connectivity index (χ1n) is 15.7. The van der Waals surface area contributed by atoms with Crippen molar-refractivity contribution in [2.75, 3.05) is 7.05 Å². The van der Waals surface area contributed by atoms with Crippen molar-refractivity contribution in [2.45, 2.75) is 51.0 Å². The van der Waals surface area contributed by atoms with E-state index < -0.39 is 0 Å². The van der Waals surface area contributed by atoms with Gasteiger partial charge in [-0.25, -0.2) is 0 Å². The second-order valence-electron chi connectivity index (χ2n) is 12.7. The van der Waals surface area contributed by atoms with Gasteiger partial charge in [-0.15, -0.1) is 0 Å². The molecule has 2 aliphatic rings. The Hall–Kier alpha value is -4.56. The van der Waals surface area contributed by atoms with Crippen molar-refractivity contribution in [1.29, 1.82) is 0 Å². The molecular formula is C42H46N2. The number of nitrogens with zero attached hydrogens (tertiary/aromatic N) is 2. The highest BCUT2D eigenvalue weighted by molar-refractivity contribution is 5.44. The maximum atomic E-state index is 4.18. The van der Waals surface area contributed by atoms with Crippen molar-refractivity contribution in [2.24, 2.45) is 5.92 Å². The van der Waals surface area contributed by atoms with Gasteiger partial charge in [0, 0.05) is 34.5 Å². The summed E-state index contributed by atoms with van der Waals surface area (Å²) in [5.41, 5.74) is 8.86. The zero-order chi connectivity index (χ0) is 31.3. The SMILES string of the molecule is C=C/C=C\C(=C)N(C)C1C=CC(CC2C=CC(C(C)(C)c3ccc(Cc4ccc(-n5c(=C)ccc5=C)cc4)cc3)=CC2)=CC1. The maximum Gasteiger partial charge on any atom is 0.0507 e. The summed E-state index contributed by atoms with van der Waals surface area (Å²) >= 11 is 0. The van der Waals surface area contributed by atoms with Crippen molar-refractivity contribution in [3.8, 4) is 5.69 Å². The van der Waals surface area contributed by atoms with E-state index in [1.807, 2.05) is 24.3 Å². The van der Waals surface area contributed by atoms with Crippen molar-refractivity contribution in [3.05, 3.63) is 173 Å². The highest BCUT2D eigenvalue weighted by Crippen LogP contribution is 2.37. The van der Waals surface area contributed by atoms with Gasteiger partial charge in [0.05, 0.1) is 6.04 Å². The molecule has 0 bridgehead atoms. The fraction of sp³-hybridized carbons (Fsp3) is 0.238. The topological polar surface area (TPSA) is 8.17 Å². The van der Waals surface area contributed by atoms with Crippen LogP contribution in [0.5, 0.6) is 0 Å². The van der Waals surface area contributed by atoms with Crippen molar-refractivity contribution < 1.29 is 0 Å². The summed E-state index contributed by atoms with van der Waals surface area (Å²) in [6, 6.07) is 22.3. The number of hydrogen-bond donors (Lipinski definition) is 0. The minimum atomic E-state index is -0.0412. The van der Waals surface area contributed by atoms with Crippen LogP contribution in [0, 0.1) is 5.92 Å². The summed E-state index contributed by atoms with van der Waals surface area (Å²) in [6.45, 7) is 20.8. The van der Waals surface area contributed by atoms with E-state index in [0.717, 1.165) is 47.8 Å². The molecule has 2 unspecified atom stereocenters. The first-order valence-corrected chi connectivity index (χ1v) is 15.7. The first-order chi connectivity index (χ1) is 21.2. The summed E-state index contributed by atoms with van der Waals surface area (Å²) in [6.07, 6.45) is 24.1. The number of benzene rings is 2. The number of allylic oxidation sites excluding steroid dienone is 9. The molecule has 0 spiro atoms. The molecule has 1 heterocycles. The van der Waals surface area contributed by atoms with Crippen LogP contribution in [0.25, 0.3) is 18.8 Å². The summed E-state index contributed by atoms with van der Waals surface area (Å²) < 4.78 is 2.08. The number of hydrogen-bond acceptors (Lipinski definition) is 1. The normalized spacial score (nSPS) is 18.2. The second-order valence-corrected chi connectivity index (χ2v) is 12.7. The lowest BCUT2D eigenvalue weighted by Gasteiger charge is -2.31. The van der Waals surface area contributed by atoms with Crippen LogP contribution in [0.2, 0.25) is 0 Å². The predicted octanol–water partition coefficient (Wildman–Crippen LogP) is 8.50. The highest BCUT2D eigenvalue weighted by Gasteiger charge is 2.26. The number of aromatic nitrogens is 1. The third-order valence-corrected chi connectivity index (χ3v) is 9.26. The molecule has 0 radical (unpaired) electrons. The average Bonchev–Trinajstić information content (AvgIpc) is 3.38. The van der Waals surface area contributed by atoms with Gasteiger partial charge in [-0.3, -0.25) is 0 Å². The van der Waals surface area contributed by atoms with E-state index in [2.05, 4.69) is 142 Å². The molecule has 2 heteroatoms. The molecule has 0 saturated carbocycles. The molecule has 5 rings (SSSR count). The van der Waals surface area contributed by atoms with E-state index >= 15 is 0 Å². The zero-order valence-corrected chi connectivity index (χ0v) is 26.7. The van der Waals surface area contributed by atoms with Crippen LogP contribution in [0.3, 0.4) is 0 Å². The lowest BCUT2D eigenvalue weighted by molar-refractivity contribution is 0.363. The Kier molecular flexibility index (Phi) is 9.40. The molecule has 2 aromatic carbocycles. The van der Waals surface area contributed by atoms with E-state index in [1.54, 1.807) is 6.08 Å². The molecule has 2 aliphatic carbocycles. The molecule has 0 aliphatic heterocycles. The lowest BCUT2D eigenvalue weighted by atomic mass is 9.74. The van der Waals surface area contributed by atoms with Crippen LogP contribution in [-0.2, 0) is 11.8 Å². The van der Waals surface area contributed by atoms with E-state index in [1.165, 1.54) is 27.8 Å². The van der Waals surface area contributed by atoms with Gasteiger partial charge in [-0.1, -0.05) is 131 Å². The molecule has 224 valence electrons. The fourth-order valence-corrected chi connectivity index (χ4v) is 6.25. The van der Waals surface area contributed by atoms with Gasteiger partial charge < -0.3 is 9.47 Å². The van der Waals surface area contributed by atoms with Crippen LogP contribution in [0.1, 0.15) is 49.8 Å². The molecule has 44 heavy (non-hydrogen) atoms. The van der Waals surface area contributed by atoms with Gasteiger partial charge in [0.25, 0.3) is 0 Å². The van der Waals surface area contributed by atoms with E-state index in [-0.39, 0.29) is 5.41 Å². The Bertz CT molecular complexity index is 1720. The Labute approximate surface area is 264 Å². The van der Waals surface area contributed by atoms with Crippen LogP contribution in [0.4, 0.5) is 0 Å². The summed E-state index contributed by atoms with van der Waals surface area (Å²) in [5, 5.41) is 1.91. The van der Waals surface area contributed by atoms with Crippen LogP contribution < -0.4 is 10.7 Å². The third-order valence-electron chi connectivity index (χ3n) is 9.26. The quantitative estimate of drug-likeness (QED) is 0.207. The summed E-state index contributed by atoms with van der Waals surface area (Å²) in [4.78, 5) is 2.23. The molecule has 2 atom stereocenters. The van der Waals surface area contributed by atoms with Gasteiger partial charge >= 0.3 is 0 Å². The molecule has 1 aromatic heterocycles. The lowest BCUT2D eigenvalue weighted by Crippen LogP contribution is -2.29. The fourth-order valence-electron chi connectivity index (χ4n) is 6.25. The van der Waals surface area contributed by atoms with Crippen LogP contribution in [0.15, 0.2) is 145 Å². The Morgan fingerprint density at radius 1 is 0.886 bits per heavy atom. The van der Waals surface area contributed by atoms with Gasteiger partial charge in [0.2, 0.25) is 0 Å². The van der Waals surface area contributed by atoms with Crippen molar-refractivity contribution in [3.63, 3.8) is 0 Å². The molecule has 0 amide bonds.